The first-order chi connectivity index (χ1) is 25.7. The van der Waals surface area contributed by atoms with Crippen molar-refractivity contribution in [3.63, 3.8) is 0 Å². The number of carbonyl (C=O) groups excluding carboxylic acids is 5. The van der Waals surface area contributed by atoms with Crippen molar-refractivity contribution < 1.29 is 41.9 Å². The molecule has 14 nitrogen and oxygen atoms in total. The third-order valence-electron chi connectivity index (χ3n) is 8.83. The average Bonchev–Trinajstić information content (AvgIpc) is 3.15. The SMILES string of the molecule is COc1ccc2cc1OCC(=O)NCCC[C@H](NC(=O)c1cccc(S(C)(=O)=O)c1)C(=O)N[C@@H](Cc1ccccc1)C(=O)N[C@H](C(C)C)C(=O)NCCC2. The van der Waals surface area contributed by atoms with Gasteiger partial charge in [0.15, 0.2) is 27.9 Å². The van der Waals surface area contributed by atoms with E-state index in [0.29, 0.717) is 30.9 Å². The van der Waals surface area contributed by atoms with Crippen LogP contribution >= 0.6 is 0 Å². The molecule has 4 rings (SSSR count). The summed E-state index contributed by atoms with van der Waals surface area (Å²) >= 11 is 0. The van der Waals surface area contributed by atoms with Gasteiger partial charge in [-0.15, -0.1) is 0 Å². The minimum absolute atomic E-state index is 0.0122. The van der Waals surface area contributed by atoms with Gasteiger partial charge < -0.3 is 36.1 Å². The maximum absolute atomic E-state index is 14.0. The molecule has 290 valence electrons. The molecule has 0 fully saturated rings. The lowest BCUT2D eigenvalue weighted by molar-refractivity contribution is -0.133. The summed E-state index contributed by atoms with van der Waals surface area (Å²) in [5.41, 5.74) is 1.67. The van der Waals surface area contributed by atoms with Gasteiger partial charge in [-0.1, -0.05) is 56.3 Å². The second kappa shape index (κ2) is 19.6. The number of benzene rings is 3. The molecule has 3 atom stereocenters. The van der Waals surface area contributed by atoms with Gasteiger partial charge >= 0.3 is 0 Å². The molecule has 1 heterocycles. The molecule has 5 amide bonds. The summed E-state index contributed by atoms with van der Waals surface area (Å²) in [6.45, 7) is 3.76. The predicted octanol–water partition coefficient (Wildman–Crippen LogP) is 2.10. The molecule has 1 aliphatic rings. The first-order valence-electron chi connectivity index (χ1n) is 17.8. The summed E-state index contributed by atoms with van der Waals surface area (Å²) in [5.74, 6) is -2.26. The number of ether oxygens (including phenoxy) is 2. The first kappa shape index (κ1) is 41.3. The van der Waals surface area contributed by atoms with Crippen molar-refractivity contribution in [2.45, 2.75) is 69.0 Å². The Morgan fingerprint density at radius 1 is 0.889 bits per heavy atom. The highest BCUT2D eigenvalue weighted by atomic mass is 32.2. The Hall–Kier alpha value is -5.44. The summed E-state index contributed by atoms with van der Waals surface area (Å²) in [6, 6.07) is 16.6. The molecule has 0 saturated carbocycles. The van der Waals surface area contributed by atoms with Crippen molar-refractivity contribution in [3.05, 3.63) is 89.5 Å². The first-order valence-corrected chi connectivity index (χ1v) is 19.7. The Morgan fingerprint density at radius 2 is 1.63 bits per heavy atom. The van der Waals surface area contributed by atoms with E-state index in [9.17, 15) is 32.4 Å². The van der Waals surface area contributed by atoms with Crippen molar-refractivity contribution in [2.24, 2.45) is 5.92 Å². The van der Waals surface area contributed by atoms with E-state index >= 15 is 0 Å². The lowest BCUT2D eigenvalue weighted by Gasteiger charge is -2.27. The highest BCUT2D eigenvalue weighted by Gasteiger charge is 2.31. The smallest absolute Gasteiger partial charge is 0.257 e. The fraction of sp³-hybridized carbons (Fsp3) is 0.410. The maximum Gasteiger partial charge on any atom is 0.257 e. The standard InChI is InChI=1S/C39H49N5O9S/c1-25(2)35-39(49)41-20-9-13-27-17-18-32(52-3)33(22-27)53-24-34(45)40-19-10-16-30(42-36(46)28-14-8-15-29(23-28)54(4,50)51)37(47)43-31(38(48)44-35)21-26-11-6-5-7-12-26/h5-8,11-12,14-15,17-18,22-23,25,30-31,35H,9-10,13,16,19-21,24H2,1-4H3,(H,40,45)(H,41,49)(H,42,46)(H,43,47)(H,44,48)/t30-,31-,35+/m0/s1. The number of methoxy groups -OCH3 is 1. The maximum atomic E-state index is 14.0. The zero-order valence-corrected chi connectivity index (χ0v) is 31.8. The van der Waals surface area contributed by atoms with Crippen LogP contribution < -0.4 is 36.1 Å². The number of fused-ring (bicyclic) bond motifs is 2. The van der Waals surface area contributed by atoms with E-state index in [2.05, 4.69) is 26.6 Å². The van der Waals surface area contributed by atoms with E-state index in [1.54, 1.807) is 50.2 Å². The molecule has 15 heteroatoms. The number of aryl methyl sites for hydroxylation is 1. The van der Waals surface area contributed by atoms with Gasteiger partial charge in [0.1, 0.15) is 18.1 Å². The van der Waals surface area contributed by atoms with Gasteiger partial charge in [0.2, 0.25) is 17.7 Å². The summed E-state index contributed by atoms with van der Waals surface area (Å²) in [7, 11) is -2.13. The molecule has 0 radical (unpaired) electrons. The van der Waals surface area contributed by atoms with Crippen LogP contribution in [-0.4, -0.2) is 89.1 Å². The van der Waals surface area contributed by atoms with Gasteiger partial charge in [-0.3, -0.25) is 24.0 Å². The van der Waals surface area contributed by atoms with Crippen LogP contribution in [-0.2, 0) is 41.9 Å². The molecule has 3 aromatic rings. The van der Waals surface area contributed by atoms with Crippen LogP contribution in [0.5, 0.6) is 11.5 Å². The second-order valence-corrected chi connectivity index (χ2v) is 15.5. The molecular formula is C39H49N5O9S. The molecule has 0 unspecified atom stereocenters. The molecule has 0 saturated heterocycles. The third kappa shape index (κ3) is 12.3. The lowest BCUT2D eigenvalue weighted by Crippen LogP contribution is -2.58. The Kier molecular flexibility index (Phi) is 15.0. The zero-order valence-electron chi connectivity index (χ0n) is 31.0. The van der Waals surface area contributed by atoms with Crippen LogP contribution in [0.3, 0.4) is 0 Å². The minimum atomic E-state index is -3.63. The average molecular weight is 764 g/mol. The van der Waals surface area contributed by atoms with E-state index in [1.807, 2.05) is 12.1 Å². The number of amides is 5. The normalized spacial score (nSPS) is 19.8. The van der Waals surface area contributed by atoms with E-state index in [1.165, 1.54) is 31.4 Å². The Balaban J connectivity index is 1.63. The largest absolute Gasteiger partial charge is 0.493 e. The molecule has 2 bridgehead atoms. The van der Waals surface area contributed by atoms with Crippen LogP contribution in [0.4, 0.5) is 0 Å². The summed E-state index contributed by atoms with van der Waals surface area (Å²) in [5, 5.41) is 14.0. The van der Waals surface area contributed by atoms with Gasteiger partial charge in [0.25, 0.3) is 11.8 Å². The van der Waals surface area contributed by atoms with Gasteiger partial charge in [-0.2, -0.15) is 0 Å². The fourth-order valence-corrected chi connectivity index (χ4v) is 6.50. The molecule has 0 aliphatic carbocycles. The summed E-state index contributed by atoms with van der Waals surface area (Å²) in [6.07, 6.45) is 2.55. The van der Waals surface area contributed by atoms with Crippen molar-refractivity contribution in [1.29, 1.82) is 0 Å². The quantitative estimate of drug-likeness (QED) is 0.239. The highest BCUT2D eigenvalue weighted by molar-refractivity contribution is 7.90. The fourth-order valence-electron chi connectivity index (χ4n) is 5.83. The molecule has 0 aromatic heterocycles. The Labute approximate surface area is 316 Å². The Morgan fingerprint density at radius 3 is 2.33 bits per heavy atom. The topological polar surface area (TPSA) is 198 Å². The van der Waals surface area contributed by atoms with Gasteiger partial charge in [-0.25, -0.2) is 8.42 Å². The van der Waals surface area contributed by atoms with Gasteiger partial charge in [0, 0.05) is 31.3 Å². The second-order valence-electron chi connectivity index (χ2n) is 13.5. The van der Waals surface area contributed by atoms with Crippen molar-refractivity contribution in [3.8, 4) is 11.5 Å². The van der Waals surface area contributed by atoms with Crippen molar-refractivity contribution in [1.82, 2.24) is 26.6 Å². The van der Waals surface area contributed by atoms with Crippen LogP contribution in [0.15, 0.2) is 77.7 Å². The molecule has 54 heavy (non-hydrogen) atoms. The van der Waals surface area contributed by atoms with Gasteiger partial charge in [-0.05, 0) is 73.1 Å². The van der Waals surface area contributed by atoms with Gasteiger partial charge in [0.05, 0.1) is 12.0 Å². The van der Waals surface area contributed by atoms with Crippen LogP contribution in [0.2, 0.25) is 0 Å². The van der Waals surface area contributed by atoms with Crippen molar-refractivity contribution >= 4 is 39.4 Å². The molecule has 5 N–H and O–H groups in total. The highest BCUT2D eigenvalue weighted by Crippen LogP contribution is 2.28. The molecular weight excluding hydrogens is 715 g/mol. The summed E-state index contributed by atoms with van der Waals surface area (Å²) < 4.78 is 35.5. The summed E-state index contributed by atoms with van der Waals surface area (Å²) in [4.78, 5) is 67.4. The lowest BCUT2D eigenvalue weighted by atomic mass is 10.00. The number of sulfone groups is 1. The number of carbonyl (C=O) groups is 5. The van der Waals surface area contributed by atoms with E-state index < -0.39 is 51.6 Å². The third-order valence-corrected chi connectivity index (χ3v) is 9.94. The number of hydrogen-bond acceptors (Lipinski definition) is 9. The van der Waals surface area contributed by atoms with Crippen LogP contribution in [0.25, 0.3) is 0 Å². The predicted molar refractivity (Wildman–Crippen MR) is 202 cm³/mol. The zero-order chi connectivity index (χ0) is 39.3. The molecule has 1 aliphatic heterocycles. The van der Waals surface area contributed by atoms with Crippen molar-refractivity contribution in [2.75, 3.05) is 33.1 Å². The molecule has 0 spiro atoms. The van der Waals surface area contributed by atoms with Crippen LogP contribution in [0, 0.1) is 5.92 Å². The van der Waals surface area contributed by atoms with Crippen LogP contribution in [0.1, 0.15) is 54.6 Å². The number of rotatable bonds is 7. The minimum Gasteiger partial charge on any atom is -0.493 e. The van der Waals surface area contributed by atoms with E-state index in [4.69, 9.17) is 9.47 Å². The Bertz CT molecular complexity index is 1900. The molecule has 3 aromatic carbocycles. The number of nitrogens with one attached hydrogen (secondary N) is 5. The van der Waals surface area contributed by atoms with E-state index in [-0.39, 0.29) is 54.7 Å². The number of hydrogen-bond donors (Lipinski definition) is 5. The van der Waals surface area contributed by atoms with E-state index in [0.717, 1.165) is 17.4 Å². The monoisotopic (exact) mass is 763 g/mol.